The van der Waals surface area contributed by atoms with E-state index in [1.165, 1.54) is 6.08 Å². The fraction of sp³-hybridized carbons (Fsp3) is 0.667. The molecule has 3 saturated heterocycles. The Morgan fingerprint density at radius 3 is 1.21 bits per heavy atom. The molecule has 0 unspecified atom stereocenters. The van der Waals surface area contributed by atoms with Gasteiger partial charge in [-0.25, -0.2) is 0 Å². The van der Waals surface area contributed by atoms with Crippen molar-refractivity contribution < 1.29 is 52.8 Å². The first-order valence-corrected chi connectivity index (χ1v) is 19.9. The molecule has 227 valence electrons. The van der Waals surface area contributed by atoms with Gasteiger partial charge in [0.2, 0.25) is 0 Å². The number of carboxylic acids is 4. The van der Waals surface area contributed by atoms with Crippen LogP contribution < -0.4 is 10.4 Å². The van der Waals surface area contributed by atoms with Gasteiger partial charge in [0.15, 0.2) is 0 Å². The number of nitrogens with zero attached hydrogens (tertiary/aromatic N) is 3. The van der Waals surface area contributed by atoms with E-state index in [0.29, 0.717) is 19.8 Å². The van der Waals surface area contributed by atoms with Gasteiger partial charge in [0.05, 0.1) is 23.7 Å². The van der Waals surface area contributed by atoms with Crippen molar-refractivity contribution in [3.63, 3.8) is 0 Å². The molecule has 0 amide bonds. The van der Waals surface area contributed by atoms with Crippen LogP contribution in [0.25, 0.3) is 16.0 Å². The quantitative estimate of drug-likeness (QED) is 0.310. The summed E-state index contributed by atoms with van der Waals surface area (Å²) in [4.78, 5) is 41.0. The number of carboxylic acid groups (broad SMARTS) is 4. The Labute approximate surface area is 250 Å². The van der Waals surface area contributed by atoms with Crippen LogP contribution in [0.15, 0.2) is 23.9 Å². The minimum absolute atomic E-state index is 0.123. The summed E-state index contributed by atoms with van der Waals surface area (Å²) >= 11 is 6.72. The second-order valence-electron chi connectivity index (χ2n) is 8.59. The van der Waals surface area contributed by atoms with E-state index in [-0.39, 0.29) is 23.3 Å². The average Bonchev–Trinajstić information content (AvgIpc) is 2.96. The zero-order valence-corrected chi connectivity index (χ0v) is 26.3. The number of carbonyl (C=O) groups is 4. The van der Waals surface area contributed by atoms with Crippen LogP contribution in [0, 0.1) is 17.8 Å². The molecule has 39 heavy (non-hydrogen) atoms. The van der Waals surface area contributed by atoms with Crippen molar-refractivity contribution in [1.29, 1.82) is 0 Å². The summed E-state index contributed by atoms with van der Waals surface area (Å²) in [5.74, 6) is -3.47. The summed E-state index contributed by atoms with van der Waals surface area (Å²) in [6, 6.07) is 0. The van der Waals surface area contributed by atoms with Gasteiger partial charge in [0.1, 0.15) is 0 Å². The molecule has 0 radical (unpaired) electrons. The molecule has 4 aliphatic rings. The molecule has 12 nitrogen and oxygen atoms in total. The Balaban J connectivity index is 0.000000477. The Morgan fingerprint density at radius 1 is 0.744 bits per heavy atom. The normalized spacial score (nSPS) is 19.4. The standard InChI is InChI=1S/3C6H10NO2.C6H7NO2.2BrH.Rh/c4*8-6(9)5-1-3-7-4-2-5;;;/h3*5H,1-4H2,(H,8,9);1-3,7H,4H2,(H,8,9);2*1H;/q3*-1;;;;+2/p-3. The van der Waals surface area contributed by atoms with E-state index in [1.54, 1.807) is 12.3 Å². The average molecular weight is 771 g/mol. The van der Waals surface area contributed by atoms with Crippen LogP contribution >= 0.6 is 27.2 Å². The fourth-order valence-corrected chi connectivity index (χ4v) is 3.60. The number of dihydropyridines is 1. The molecule has 3 fully saturated rings. The third-order valence-electron chi connectivity index (χ3n) is 5.92. The van der Waals surface area contributed by atoms with Crippen molar-refractivity contribution >= 4 is 51.1 Å². The van der Waals surface area contributed by atoms with Crippen LogP contribution in [0.2, 0.25) is 0 Å². The summed E-state index contributed by atoms with van der Waals surface area (Å²) < 4.78 is 0. The third-order valence-corrected chi connectivity index (χ3v) is 5.92. The second-order valence-corrected chi connectivity index (χ2v) is 16.1. The van der Waals surface area contributed by atoms with E-state index < -0.39 is 23.9 Å². The van der Waals surface area contributed by atoms with Gasteiger partial charge in [-0.3, -0.25) is 14.4 Å². The predicted octanol–water partition coefficient (Wildman–Crippen LogP) is 3.03. The SMILES string of the molecule is O=C(O)C1CC[N-]CC1.O=C(O)C1CC[N-]CC1.O=C(O)C1CC[N-]CC1.O=C([O-])C1=CCNC=C1.[Br][Rh][Br]. The van der Waals surface area contributed by atoms with Gasteiger partial charge >= 0.3 is 58.4 Å². The van der Waals surface area contributed by atoms with Crippen LogP contribution in [0.3, 0.4) is 0 Å². The summed E-state index contributed by atoms with van der Waals surface area (Å²) in [6.45, 7) is 4.97. The number of hydrogen-bond acceptors (Lipinski definition) is 6. The number of piperidine rings is 3. The van der Waals surface area contributed by atoms with Crippen molar-refractivity contribution in [3.05, 3.63) is 39.9 Å². The molecular formula is C24H36Br2N4O8Rh-4. The van der Waals surface area contributed by atoms with E-state index in [4.69, 9.17) is 15.3 Å². The predicted molar refractivity (Wildman–Crippen MR) is 148 cm³/mol. The monoisotopic (exact) mass is 769 g/mol. The van der Waals surface area contributed by atoms with E-state index in [0.717, 1.165) is 77.8 Å². The van der Waals surface area contributed by atoms with Crippen molar-refractivity contribution in [2.24, 2.45) is 17.8 Å². The maximum absolute atomic E-state index is 10.3. The Bertz CT molecular complexity index is 720. The first kappa shape index (κ1) is 37.6. The van der Waals surface area contributed by atoms with Crippen LogP contribution in [0.1, 0.15) is 38.5 Å². The molecular weight excluding hydrogens is 735 g/mol. The molecule has 0 saturated carbocycles. The molecule has 0 spiro atoms. The van der Waals surface area contributed by atoms with Gasteiger partial charge in [-0.15, -0.1) is 39.3 Å². The molecule has 15 heteroatoms. The van der Waals surface area contributed by atoms with Crippen LogP contribution in [-0.4, -0.2) is 85.0 Å². The Hall–Kier alpha value is -1.38. The molecule has 4 rings (SSSR count). The summed E-state index contributed by atoms with van der Waals surface area (Å²) in [6.07, 6.45) is 9.01. The van der Waals surface area contributed by atoms with E-state index in [2.05, 4.69) is 48.5 Å². The molecule has 0 bridgehead atoms. The molecule has 0 aromatic carbocycles. The van der Waals surface area contributed by atoms with Crippen molar-refractivity contribution in [2.75, 3.05) is 45.8 Å². The topological polar surface area (TPSA) is 206 Å². The number of halogens is 2. The van der Waals surface area contributed by atoms with Crippen molar-refractivity contribution in [1.82, 2.24) is 5.32 Å². The Kier molecular flexibility index (Phi) is 23.6. The van der Waals surface area contributed by atoms with E-state index >= 15 is 0 Å². The molecule has 4 N–H and O–H groups in total. The van der Waals surface area contributed by atoms with Gasteiger partial charge < -0.3 is 46.5 Å². The van der Waals surface area contributed by atoms with Gasteiger partial charge in [-0.05, 0) is 17.8 Å². The van der Waals surface area contributed by atoms with E-state index in [1.807, 2.05) is 0 Å². The molecule has 4 aliphatic heterocycles. The summed E-state index contributed by atoms with van der Waals surface area (Å²) in [5, 5.41) is 50.5. The molecule has 0 aromatic rings. The fourth-order valence-electron chi connectivity index (χ4n) is 3.60. The second kappa shape index (κ2) is 24.4. The molecule has 0 aromatic heterocycles. The minimum atomic E-state index is -1.12. The van der Waals surface area contributed by atoms with Gasteiger partial charge in [0, 0.05) is 6.54 Å². The number of nitrogens with one attached hydrogen (secondary N) is 1. The van der Waals surface area contributed by atoms with Gasteiger partial charge in [-0.2, -0.15) is 0 Å². The summed E-state index contributed by atoms with van der Waals surface area (Å²) in [5.41, 5.74) is 0.244. The van der Waals surface area contributed by atoms with Crippen LogP contribution in [0.5, 0.6) is 0 Å². The first-order chi connectivity index (χ1) is 18.6. The van der Waals surface area contributed by atoms with Gasteiger partial charge in [0.25, 0.3) is 0 Å². The maximum atomic E-state index is 10.3. The third kappa shape index (κ3) is 20.2. The van der Waals surface area contributed by atoms with Crippen molar-refractivity contribution in [3.8, 4) is 0 Å². The molecule has 0 atom stereocenters. The van der Waals surface area contributed by atoms with Crippen LogP contribution in [0.4, 0.5) is 0 Å². The number of carbonyl (C=O) groups excluding carboxylic acids is 1. The van der Waals surface area contributed by atoms with Crippen LogP contribution in [-0.2, 0) is 32.4 Å². The Morgan fingerprint density at radius 2 is 1.05 bits per heavy atom. The number of hydrogen-bond donors (Lipinski definition) is 4. The van der Waals surface area contributed by atoms with E-state index in [9.17, 15) is 24.3 Å². The number of aliphatic carboxylic acids is 4. The summed E-state index contributed by atoms with van der Waals surface area (Å²) in [7, 11) is 0. The zero-order chi connectivity index (χ0) is 29.5. The van der Waals surface area contributed by atoms with Crippen molar-refractivity contribution in [2.45, 2.75) is 38.5 Å². The molecule has 0 aliphatic carbocycles. The van der Waals surface area contributed by atoms with Gasteiger partial charge in [-0.1, -0.05) is 44.6 Å². The zero-order valence-electron chi connectivity index (χ0n) is 21.5. The molecule has 4 heterocycles. The number of rotatable bonds is 4. The first-order valence-electron chi connectivity index (χ1n) is 12.4.